The third kappa shape index (κ3) is 11.1. The molecule has 0 amide bonds. The molecule has 0 saturated heterocycles. The zero-order valence-corrected chi connectivity index (χ0v) is 13.4. The van der Waals surface area contributed by atoms with Gasteiger partial charge in [-0.15, -0.1) is 0 Å². The van der Waals surface area contributed by atoms with E-state index in [4.69, 9.17) is 0 Å². The van der Waals surface area contributed by atoms with E-state index in [-0.39, 0.29) is 0 Å². The van der Waals surface area contributed by atoms with Crippen molar-refractivity contribution in [2.24, 2.45) is 11.8 Å². The second-order valence-corrected chi connectivity index (χ2v) is 6.07. The van der Waals surface area contributed by atoms with Crippen LogP contribution in [0.15, 0.2) is 0 Å². The molecule has 0 aliphatic carbocycles. The van der Waals surface area contributed by atoms with Gasteiger partial charge in [-0.2, -0.15) is 0 Å². The standard InChI is InChI=1S/C17H37N/c1-5-7-8-9-10-11-12-13-16(3)17(4)15-18-14-6-2/h16-18H,5-15H2,1-4H3. The molecular formula is C17H37N. The predicted octanol–water partition coefficient (Wildman–Crippen LogP) is 5.40. The molecule has 1 nitrogen and oxygen atoms in total. The first-order chi connectivity index (χ1) is 8.72. The van der Waals surface area contributed by atoms with E-state index in [1.165, 1.54) is 70.9 Å². The van der Waals surface area contributed by atoms with Gasteiger partial charge >= 0.3 is 0 Å². The fourth-order valence-corrected chi connectivity index (χ4v) is 2.42. The molecule has 0 aromatic heterocycles. The normalized spacial score (nSPS) is 14.7. The SMILES string of the molecule is CCCCCCCCCC(C)C(C)CNCCC. The first-order valence-electron chi connectivity index (χ1n) is 8.43. The van der Waals surface area contributed by atoms with E-state index < -0.39 is 0 Å². The summed E-state index contributed by atoms with van der Waals surface area (Å²) < 4.78 is 0. The van der Waals surface area contributed by atoms with Crippen LogP contribution in [0.4, 0.5) is 0 Å². The molecule has 0 aliphatic heterocycles. The lowest BCUT2D eigenvalue weighted by Gasteiger charge is -2.20. The number of hydrogen-bond acceptors (Lipinski definition) is 1. The molecule has 0 heterocycles. The van der Waals surface area contributed by atoms with Gasteiger partial charge in [-0.1, -0.05) is 79.1 Å². The topological polar surface area (TPSA) is 12.0 Å². The van der Waals surface area contributed by atoms with Crippen LogP contribution in [-0.2, 0) is 0 Å². The Labute approximate surface area is 116 Å². The summed E-state index contributed by atoms with van der Waals surface area (Å²) in [5.74, 6) is 1.71. The average Bonchev–Trinajstić information content (AvgIpc) is 2.37. The smallest absolute Gasteiger partial charge is 0.00206 e. The molecule has 0 saturated carbocycles. The summed E-state index contributed by atoms with van der Waals surface area (Å²) in [4.78, 5) is 0. The molecule has 0 bridgehead atoms. The van der Waals surface area contributed by atoms with Crippen molar-refractivity contribution in [2.45, 2.75) is 85.5 Å². The fourth-order valence-electron chi connectivity index (χ4n) is 2.42. The first-order valence-corrected chi connectivity index (χ1v) is 8.43. The second kappa shape index (κ2) is 13.4. The maximum absolute atomic E-state index is 3.54. The maximum Gasteiger partial charge on any atom is -0.00206 e. The van der Waals surface area contributed by atoms with Crippen molar-refractivity contribution < 1.29 is 0 Å². The Morgan fingerprint density at radius 2 is 1.33 bits per heavy atom. The number of rotatable bonds is 13. The Bertz CT molecular complexity index is 156. The Morgan fingerprint density at radius 1 is 0.722 bits per heavy atom. The highest BCUT2D eigenvalue weighted by atomic mass is 14.8. The van der Waals surface area contributed by atoms with E-state index in [0.717, 1.165) is 11.8 Å². The van der Waals surface area contributed by atoms with Crippen molar-refractivity contribution in [1.29, 1.82) is 0 Å². The molecule has 18 heavy (non-hydrogen) atoms. The summed E-state index contributed by atoms with van der Waals surface area (Å²) in [7, 11) is 0. The number of nitrogens with one attached hydrogen (secondary N) is 1. The van der Waals surface area contributed by atoms with Crippen LogP contribution in [0.1, 0.15) is 85.5 Å². The molecule has 1 heteroatoms. The van der Waals surface area contributed by atoms with Crippen LogP contribution < -0.4 is 5.32 Å². The molecule has 0 rings (SSSR count). The van der Waals surface area contributed by atoms with Crippen LogP contribution in [0.2, 0.25) is 0 Å². The van der Waals surface area contributed by atoms with Crippen molar-refractivity contribution in [3.05, 3.63) is 0 Å². The van der Waals surface area contributed by atoms with E-state index in [1.807, 2.05) is 0 Å². The van der Waals surface area contributed by atoms with Crippen LogP contribution >= 0.6 is 0 Å². The van der Waals surface area contributed by atoms with Gasteiger partial charge in [0.15, 0.2) is 0 Å². The van der Waals surface area contributed by atoms with Crippen molar-refractivity contribution >= 4 is 0 Å². The Balaban J connectivity index is 3.31. The minimum absolute atomic E-state index is 0.830. The van der Waals surface area contributed by atoms with Gasteiger partial charge < -0.3 is 5.32 Å². The molecule has 0 aromatic rings. The minimum atomic E-state index is 0.830. The summed E-state index contributed by atoms with van der Waals surface area (Å²) in [6, 6.07) is 0. The third-order valence-electron chi connectivity index (χ3n) is 4.13. The number of unbranched alkanes of at least 4 members (excludes halogenated alkanes) is 6. The molecule has 0 aliphatic rings. The van der Waals surface area contributed by atoms with Crippen molar-refractivity contribution in [1.82, 2.24) is 5.32 Å². The molecule has 0 radical (unpaired) electrons. The van der Waals surface area contributed by atoms with E-state index in [0.29, 0.717) is 0 Å². The van der Waals surface area contributed by atoms with E-state index in [2.05, 4.69) is 33.0 Å². The Hall–Kier alpha value is -0.0400. The lowest BCUT2D eigenvalue weighted by molar-refractivity contribution is 0.336. The van der Waals surface area contributed by atoms with Gasteiger partial charge in [0.05, 0.1) is 0 Å². The van der Waals surface area contributed by atoms with Crippen LogP contribution in [0.25, 0.3) is 0 Å². The minimum Gasteiger partial charge on any atom is -0.316 e. The molecule has 1 N–H and O–H groups in total. The zero-order valence-electron chi connectivity index (χ0n) is 13.4. The molecule has 2 unspecified atom stereocenters. The lowest BCUT2D eigenvalue weighted by atomic mass is 9.90. The van der Waals surface area contributed by atoms with Gasteiger partial charge in [-0.05, 0) is 31.3 Å². The summed E-state index contributed by atoms with van der Waals surface area (Å²) >= 11 is 0. The van der Waals surface area contributed by atoms with Crippen LogP contribution in [0, 0.1) is 11.8 Å². The van der Waals surface area contributed by atoms with Crippen molar-refractivity contribution in [3.63, 3.8) is 0 Å². The van der Waals surface area contributed by atoms with Crippen LogP contribution in [0.5, 0.6) is 0 Å². The summed E-state index contributed by atoms with van der Waals surface area (Å²) in [6.45, 7) is 11.7. The van der Waals surface area contributed by atoms with Crippen LogP contribution in [0.3, 0.4) is 0 Å². The van der Waals surface area contributed by atoms with E-state index >= 15 is 0 Å². The Morgan fingerprint density at radius 3 is 1.94 bits per heavy atom. The monoisotopic (exact) mass is 255 g/mol. The van der Waals surface area contributed by atoms with Gasteiger partial charge in [-0.3, -0.25) is 0 Å². The largest absolute Gasteiger partial charge is 0.316 e. The van der Waals surface area contributed by atoms with Crippen molar-refractivity contribution in [2.75, 3.05) is 13.1 Å². The average molecular weight is 255 g/mol. The summed E-state index contributed by atoms with van der Waals surface area (Å²) in [5.41, 5.74) is 0. The summed E-state index contributed by atoms with van der Waals surface area (Å²) in [5, 5.41) is 3.54. The molecule has 110 valence electrons. The van der Waals surface area contributed by atoms with E-state index in [1.54, 1.807) is 0 Å². The second-order valence-electron chi connectivity index (χ2n) is 6.07. The molecule has 0 fully saturated rings. The maximum atomic E-state index is 3.54. The first kappa shape index (κ1) is 18.0. The zero-order chi connectivity index (χ0) is 13.6. The lowest BCUT2D eigenvalue weighted by Crippen LogP contribution is -2.25. The highest BCUT2D eigenvalue weighted by Gasteiger charge is 2.10. The number of hydrogen-bond donors (Lipinski definition) is 1. The molecule has 2 atom stereocenters. The molecule has 0 spiro atoms. The predicted molar refractivity (Wildman–Crippen MR) is 84.1 cm³/mol. The quantitative estimate of drug-likeness (QED) is 0.435. The Kier molecular flexibility index (Phi) is 13.4. The van der Waals surface area contributed by atoms with Gasteiger partial charge in [-0.25, -0.2) is 0 Å². The van der Waals surface area contributed by atoms with E-state index in [9.17, 15) is 0 Å². The highest BCUT2D eigenvalue weighted by molar-refractivity contribution is 4.65. The van der Waals surface area contributed by atoms with Gasteiger partial charge in [0.2, 0.25) is 0 Å². The fraction of sp³-hybridized carbons (Fsp3) is 1.00. The van der Waals surface area contributed by atoms with Gasteiger partial charge in [0, 0.05) is 0 Å². The third-order valence-corrected chi connectivity index (χ3v) is 4.13. The summed E-state index contributed by atoms with van der Waals surface area (Å²) in [6.07, 6.45) is 12.7. The van der Waals surface area contributed by atoms with Crippen LogP contribution in [-0.4, -0.2) is 13.1 Å². The van der Waals surface area contributed by atoms with Gasteiger partial charge in [0.1, 0.15) is 0 Å². The molecule has 0 aromatic carbocycles. The molecular weight excluding hydrogens is 218 g/mol. The van der Waals surface area contributed by atoms with Gasteiger partial charge in [0.25, 0.3) is 0 Å². The highest BCUT2D eigenvalue weighted by Crippen LogP contribution is 2.18. The van der Waals surface area contributed by atoms with Crippen molar-refractivity contribution in [3.8, 4) is 0 Å².